The molecule has 96 valence electrons. The van der Waals surface area contributed by atoms with Crippen molar-refractivity contribution in [3.05, 3.63) is 11.3 Å². The highest BCUT2D eigenvalue weighted by Crippen LogP contribution is 2.20. The molecule has 1 aliphatic heterocycles. The van der Waals surface area contributed by atoms with Crippen molar-refractivity contribution in [2.24, 2.45) is 0 Å². The Hall–Kier alpha value is -2.38. The molecule has 0 aromatic carbocycles. The number of aryl methyl sites for hydroxylation is 1. The number of carbonyl (C=O) groups excluding carboxylic acids is 3. The van der Waals surface area contributed by atoms with E-state index in [1.165, 1.54) is 11.8 Å². The number of hydrogen-bond acceptors (Lipinski definition) is 6. The number of imide groups is 1. The number of ether oxygens (including phenoxy) is 1. The highest BCUT2D eigenvalue weighted by molar-refractivity contribution is 6.11. The zero-order valence-electron chi connectivity index (χ0n) is 9.73. The lowest BCUT2D eigenvalue weighted by Gasteiger charge is -2.09. The number of nitrogen functional groups attached to an aromatic ring is 1. The quantitative estimate of drug-likeness (QED) is 0.517. The summed E-state index contributed by atoms with van der Waals surface area (Å²) < 4.78 is 5.83. The summed E-state index contributed by atoms with van der Waals surface area (Å²) in [6.07, 6.45) is 0.104. The van der Waals surface area contributed by atoms with Gasteiger partial charge < -0.3 is 10.5 Å². The lowest BCUT2D eigenvalue weighted by Crippen LogP contribution is -2.37. The van der Waals surface area contributed by atoms with Crippen molar-refractivity contribution in [3.8, 4) is 0 Å². The van der Waals surface area contributed by atoms with Crippen LogP contribution in [0.25, 0.3) is 0 Å². The van der Waals surface area contributed by atoms with E-state index in [9.17, 15) is 14.4 Å². The predicted octanol–water partition coefficient (Wildman–Crippen LogP) is -1.16. The van der Waals surface area contributed by atoms with Gasteiger partial charge in [0, 0.05) is 0 Å². The van der Waals surface area contributed by atoms with Gasteiger partial charge in [0.1, 0.15) is 11.4 Å². The Labute approximate surface area is 102 Å². The van der Waals surface area contributed by atoms with E-state index in [1.807, 2.05) is 0 Å². The highest BCUT2D eigenvalue weighted by Gasteiger charge is 2.29. The monoisotopic (exact) mass is 252 g/mol. The minimum atomic E-state index is -0.553. The summed E-state index contributed by atoms with van der Waals surface area (Å²) in [6.45, 7) is 0.201. The van der Waals surface area contributed by atoms with E-state index in [4.69, 9.17) is 5.73 Å². The summed E-state index contributed by atoms with van der Waals surface area (Å²) in [5.74, 6) is -1.21. The molecular formula is C10H12N4O4. The lowest BCUT2D eigenvalue weighted by atomic mass is 10.1. The molecule has 0 atom stereocenters. The number of rotatable bonds is 3. The fourth-order valence-corrected chi connectivity index (χ4v) is 1.75. The number of esters is 1. The highest BCUT2D eigenvalue weighted by atomic mass is 16.5. The maximum Gasteiger partial charge on any atom is 0.307 e. The van der Waals surface area contributed by atoms with Crippen LogP contribution in [0, 0.1) is 0 Å². The first-order valence-electron chi connectivity index (χ1n) is 5.29. The average molecular weight is 252 g/mol. The van der Waals surface area contributed by atoms with Crippen molar-refractivity contribution in [2.75, 3.05) is 12.8 Å². The molecule has 0 unspecified atom stereocenters. The van der Waals surface area contributed by atoms with Crippen LogP contribution >= 0.6 is 0 Å². The van der Waals surface area contributed by atoms with Crippen molar-refractivity contribution < 1.29 is 19.1 Å². The number of nitrogens with one attached hydrogen (secondary N) is 1. The van der Waals surface area contributed by atoms with Crippen LogP contribution in [0.5, 0.6) is 0 Å². The third kappa shape index (κ3) is 2.04. The second-order valence-corrected chi connectivity index (χ2v) is 3.81. The summed E-state index contributed by atoms with van der Waals surface area (Å²) in [4.78, 5) is 33.8. The Bertz CT molecular complexity index is 534. The maximum atomic E-state index is 11.6. The van der Waals surface area contributed by atoms with Crippen LogP contribution in [0.1, 0.15) is 22.5 Å². The summed E-state index contributed by atoms with van der Waals surface area (Å²) >= 11 is 0. The van der Waals surface area contributed by atoms with Gasteiger partial charge in [-0.25, -0.2) is 4.68 Å². The molecule has 2 amide bonds. The Morgan fingerprint density at radius 3 is 2.94 bits per heavy atom. The van der Waals surface area contributed by atoms with Gasteiger partial charge in [-0.2, -0.15) is 5.10 Å². The second-order valence-electron chi connectivity index (χ2n) is 3.81. The normalized spacial score (nSPS) is 14.1. The smallest absolute Gasteiger partial charge is 0.307 e. The van der Waals surface area contributed by atoms with Crippen LogP contribution in [0.3, 0.4) is 0 Å². The molecule has 0 bridgehead atoms. The number of nitrogens with zero attached hydrogens (tertiary/aromatic N) is 2. The standard InChI is InChI=1S/C10H12N4O4/c1-18-7(16)2-3-14-9(11)8-5(13-14)4-6(15)12-10(8)17/h2-4,11H2,1H3,(H,12,15,17). The van der Waals surface area contributed by atoms with Crippen LogP contribution in [0.2, 0.25) is 0 Å². The van der Waals surface area contributed by atoms with Crippen molar-refractivity contribution in [1.29, 1.82) is 0 Å². The Kier molecular flexibility index (Phi) is 3.00. The van der Waals surface area contributed by atoms with Gasteiger partial charge >= 0.3 is 5.97 Å². The van der Waals surface area contributed by atoms with E-state index in [0.717, 1.165) is 0 Å². The van der Waals surface area contributed by atoms with Gasteiger partial charge in [-0.1, -0.05) is 0 Å². The minimum absolute atomic E-state index is 0.0104. The average Bonchev–Trinajstić information content (AvgIpc) is 2.62. The van der Waals surface area contributed by atoms with Gasteiger partial charge in [-0.15, -0.1) is 0 Å². The molecule has 0 saturated heterocycles. The molecule has 0 spiro atoms. The first kappa shape index (κ1) is 12.1. The lowest BCUT2D eigenvalue weighted by molar-refractivity contribution is -0.140. The molecule has 3 N–H and O–H groups in total. The fourth-order valence-electron chi connectivity index (χ4n) is 1.75. The molecule has 0 saturated carbocycles. The molecule has 1 aliphatic rings. The number of anilines is 1. The van der Waals surface area contributed by atoms with Crippen molar-refractivity contribution in [2.45, 2.75) is 19.4 Å². The fraction of sp³-hybridized carbons (Fsp3) is 0.400. The van der Waals surface area contributed by atoms with E-state index in [1.54, 1.807) is 0 Å². The van der Waals surface area contributed by atoms with Gasteiger partial charge in [0.2, 0.25) is 5.91 Å². The van der Waals surface area contributed by atoms with Gasteiger partial charge in [0.25, 0.3) is 5.91 Å². The molecule has 2 heterocycles. The number of hydrogen-bond donors (Lipinski definition) is 2. The largest absolute Gasteiger partial charge is 0.469 e. The number of carbonyl (C=O) groups is 3. The van der Waals surface area contributed by atoms with Crippen LogP contribution in [-0.2, 0) is 27.3 Å². The number of amides is 2. The van der Waals surface area contributed by atoms with E-state index in [-0.39, 0.29) is 30.8 Å². The van der Waals surface area contributed by atoms with Crippen LogP contribution in [0.4, 0.5) is 5.82 Å². The number of aromatic nitrogens is 2. The topological polar surface area (TPSA) is 116 Å². The van der Waals surface area contributed by atoms with Crippen LogP contribution < -0.4 is 11.1 Å². The van der Waals surface area contributed by atoms with Crippen LogP contribution in [0.15, 0.2) is 0 Å². The Morgan fingerprint density at radius 2 is 2.28 bits per heavy atom. The molecule has 8 nitrogen and oxygen atoms in total. The van der Waals surface area contributed by atoms with E-state index >= 15 is 0 Å². The number of nitrogens with two attached hydrogens (primary N) is 1. The zero-order valence-corrected chi connectivity index (χ0v) is 9.73. The number of methoxy groups -OCH3 is 1. The van der Waals surface area contributed by atoms with E-state index in [2.05, 4.69) is 15.2 Å². The van der Waals surface area contributed by atoms with Gasteiger partial charge in [0.15, 0.2) is 0 Å². The molecule has 1 aromatic heterocycles. The van der Waals surface area contributed by atoms with Crippen molar-refractivity contribution in [3.63, 3.8) is 0 Å². The molecule has 0 aliphatic carbocycles. The zero-order chi connectivity index (χ0) is 13.3. The Morgan fingerprint density at radius 1 is 1.56 bits per heavy atom. The van der Waals surface area contributed by atoms with E-state index in [0.29, 0.717) is 5.69 Å². The van der Waals surface area contributed by atoms with Crippen molar-refractivity contribution in [1.82, 2.24) is 15.1 Å². The predicted molar refractivity (Wildman–Crippen MR) is 59.4 cm³/mol. The summed E-state index contributed by atoms with van der Waals surface area (Å²) in [5.41, 5.74) is 6.31. The number of fused-ring (bicyclic) bond motifs is 1. The summed E-state index contributed by atoms with van der Waals surface area (Å²) in [7, 11) is 1.28. The molecule has 0 radical (unpaired) electrons. The first-order valence-corrected chi connectivity index (χ1v) is 5.29. The maximum absolute atomic E-state index is 11.6. The molecule has 1 aromatic rings. The molecule has 8 heteroatoms. The summed E-state index contributed by atoms with van der Waals surface area (Å²) in [6, 6.07) is 0. The Balaban J connectivity index is 2.24. The third-order valence-electron chi connectivity index (χ3n) is 2.63. The van der Waals surface area contributed by atoms with E-state index < -0.39 is 17.8 Å². The molecule has 2 rings (SSSR count). The van der Waals surface area contributed by atoms with Crippen LogP contribution in [-0.4, -0.2) is 34.7 Å². The summed E-state index contributed by atoms with van der Waals surface area (Å²) in [5, 5.41) is 6.22. The molecule has 0 fully saturated rings. The second kappa shape index (κ2) is 4.47. The SMILES string of the molecule is COC(=O)CCn1nc2c(c1N)C(=O)NC(=O)C2. The molecule has 18 heavy (non-hydrogen) atoms. The first-order chi connectivity index (χ1) is 8.52. The van der Waals surface area contributed by atoms with Gasteiger partial charge in [0.05, 0.1) is 32.2 Å². The third-order valence-corrected chi connectivity index (χ3v) is 2.63. The molecular weight excluding hydrogens is 240 g/mol. The van der Waals surface area contributed by atoms with Crippen molar-refractivity contribution >= 4 is 23.6 Å². The minimum Gasteiger partial charge on any atom is -0.469 e. The van der Waals surface area contributed by atoms with Gasteiger partial charge in [-0.3, -0.25) is 19.7 Å². The van der Waals surface area contributed by atoms with Gasteiger partial charge in [-0.05, 0) is 0 Å².